The molecule has 0 aliphatic carbocycles. The lowest BCUT2D eigenvalue weighted by Gasteiger charge is -2.22. The monoisotopic (exact) mass is 469 g/mol. The second-order valence-electron chi connectivity index (χ2n) is 8.26. The first-order valence-corrected chi connectivity index (χ1v) is 11.1. The van der Waals surface area contributed by atoms with Gasteiger partial charge in [0.2, 0.25) is 0 Å². The maximum Gasteiger partial charge on any atom is 0.296 e. The molecule has 1 aliphatic heterocycles. The molecular weight excluding hydrogens is 446 g/mol. The molecule has 1 saturated heterocycles. The fourth-order valence-electron chi connectivity index (χ4n) is 4.15. The fraction of sp³-hybridized carbons (Fsp3) is 0.143. The SMILES string of the molecule is Cc1ccccc1COc1ccc(/C(O)=C2\C(=O)C(=O)N(Cc3ccco3)[C@@H]2c2ccco2)cc1. The third-order valence-electron chi connectivity index (χ3n) is 6.04. The highest BCUT2D eigenvalue weighted by atomic mass is 16.5. The molecule has 7 heteroatoms. The number of benzene rings is 2. The molecule has 35 heavy (non-hydrogen) atoms. The normalized spacial score (nSPS) is 17.2. The number of carbonyl (C=O) groups excluding carboxylic acids is 2. The Balaban J connectivity index is 1.44. The lowest BCUT2D eigenvalue weighted by atomic mass is 9.99. The highest BCUT2D eigenvalue weighted by molar-refractivity contribution is 6.46. The Labute approximate surface area is 201 Å². The molecule has 3 heterocycles. The van der Waals surface area contributed by atoms with Gasteiger partial charge in [0.25, 0.3) is 11.7 Å². The van der Waals surface area contributed by atoms with E-state index < -0.39 is 17.7 Å². The van der Waals surface area contributed by atoms with Gasteiger partial charge in [-0.2, -0.15) is 0 Å². The van der Waals surface area contributed by atoms with Gasteiger partial charge in [0.1, 0.15) is 35.7 Å². The van der Waals surface area contributed by atoms with E-state index in [4.69, 9.17) is 13.6 Å². The lowest BCUT2D eigenvalue weighted by molar-refractivity contribution is -0.140. The Morgan fingerprint density at radius 2 is 1.69 bits per heavy atom. The molecule has 4 aromatic rings. The number of carbonyl (C=O) groups is 2. The first-order valence-electron chi connectivity index (χ1n) is 11.1. The maximum atomic E-state index is 13.0. The van der Waals surface area contributed by atoms with Crippen LogP contribution in [-0.4, -0.2) is 21.7 Å². The fourth-order valence-corrected chi connectivity index (χ4v) is 4.15. The van der Waals surface area contributed by atoms with E-state index >= 15 is 0 Å². The number of aliphatic hydroxyl groups is 1. The minimum absolute atomic E-state index is 0.0370. The largest absolute Gasteiger partial charge is 0.507 e. The Morgan fingerprint density at radius 1 is 0.943 bits per heavy atom. The van der Waals surface area contributed by atoms with Crippen LogP contribution in [0.2, 0.25) is 0 Å². The van der Waals surface area contributed by atoms with Crippen LogP contribution in [0.4, 0.5) is 0 Å². The molecule has 2 aromatic carbocycles. The van der Waals surface area contributed by atoms with E-state index in [2.05, 4.69) is 0 Å². The van der Waals surface area contributed by atoms with Crippen molar-refractivity contribution < 1.29 is 28.3 Å². The summed E-state index contributed by atoms with van der Waals surface area (Å²) in [6.45, 7) is 2.50. The number of ketones is 1. The molecule has 0 bridgehead atoms. The number of aliphatic hydroxyl groups excluding tert-OH is 1. The summed E-state index contributed by atoms with van der Waals surface area (Å²) in [5.41, 5.74) is 2.57. The predicted octanol–water partition coefficient (Wildman–Crippen LogP) is 5.38. The van der Waals surface area contributed by atoms with Gasteiger partial charge < -0.3 is 23.6 Å². The molecule has 1 aliphatic rings. The number of nitrogens with zero attached hydrogens (tertiary/aromatic N) is 1. The second kappa shape index (κ2) is 9.38. The van der Waals surface area contributed by atoms with Gasteiger partial charge in [-0.3, -0.25) is 9.59 Å². The molecule has 0 saturated carbocycles. The Morgan fingerprint density at radius 3 is 2.37 bits per heavy atom. The zero-order chi connectivity index (χ0) is 24.4. The van der Waals surface area contributed by atoms with Crippen molar-refractivity contribution >= 4 is 17.4 Å². The molecule has 5 rings (SSSR count). The molecule has 0 radical (unpaired) electrons. The van der Waals surface area contributed by atoms with Gasteiger partial charge in [0, 0.05) is 5.56 Å². The standard InChI is InChI=1S/C28H23NO6/c1-18-6-2-3-7-20(18)17-35-21-12-10-19(11-13-21)26(30)24-25(23-9-5-15-34-23)29(28(32)27(24)31)16-22-8-4-14-33-22/h2-15,25,30H,16-17H2,1H3/b26-24+/t25-/m1/s1. The van der Waals surface area contributed by atoms with Crippen LogP contribution in [0.15, 0.2) is 99.7 Å². The average molecular weight is 469 g/mol. The summed E-state index contributed by atoms with van der Waals surface area (Å²) in [7, 11) is 0. The predicted molar refractivity (Wildman–Crippen MR) is 127 cm³/mol. The van der Waals surface area contributed by atoms with E-state index in [-0.39, 0.29) is 17.9 Å². The Hall–Kier alpha value is -4.52. The van der Waals surface area contributed by atoms with Crippen LogP contribution in [0, 0.1) is 6.92 Å². The molecule has 1 atom stereocenters. The van der Waals surface area contributed by atoms with Crippen molar-refractivity contribution in [2.75, 3.05) is 0 Å². The maximum absolute atomic E-state index is 13.0. The van der Waals surface area contributed by atoms with Crippen molar-refractivity contribution in [3.63, 3.8) is 0 Å². The van der Waals surface area contributed by atoms with Gasteiger partial charge in [-0.15, -0.1) is 0 Å². The number of likely N-dealkylation sites (tertiary alicyclic amines) is 1. The number of ether oxygens (including phenoxy) is 1. The molecule has 1 amide bonds. The molecule has 7 nitrogen and oxygen atoms in total. The average Bonchev–Trinajstić information content (AvgIpc) is 3.63. The van der Waals surface area contributed by atoms with Crippen molar-refractivity contribution in [3.8, 4) is 5.75 Å². The van der Waals surface area contributed by atoms with Gasteiger partial charge in [-0.25, -0.2) is 0 Å². The molecule has 2 aromatic heterocycles. The van der Waals surface area contributed by atoms with Crippen molar-refractivity contribution in [3.05, 3.63) is 119 Å². The Bertz CT molecular complexity index is 1370. The third-order valence-corrected chi connectivity index (χ3v) is 6.04. The van der Waals surface area contributed by atoms with Gasteiger partial charge in [0.05, 0.1) is 24.6 Å². The minimum Gasteiger partial charge on any atom is -0.507 e. The van der Waals surface area contributed by atoms with E-state index in [0.717, 1.165) is 11.1 Å². The van der Waals surface area contributed by atoms with Crippen LogP contribution in [0.5, 0.6) is 5.75 Å². The molecule has 1 fully saturated rings. The first kappa shape index (κ1) is 22.3. The number of Topliss-reactive ketones (excluding diaryl/α,β-unsaturated/α-hetero) is 1. The quantitative estimate of drug-likeness (QED) is 0.222. The van der Waals surface area contributed by atoms with Crippen molar-refractivity contribution in [1.29, 1.82) is 0 Å². The van der Waals surface area contributed by atoms with Crippen LogP contribution in [0.3, 0.4) is 0 Å². The van der Waals surface area contributed by atoms with E-state index in [9.17, 15) is 14.7 Å². The Kier molecular flexibility index (Phi) is 5.97. The number of aryl methyl sites for hydroxylation is 1. The number of hydrogen-bond donors (Lipinski definition) is 1. The first-order chi connectivity index (χ1) is 17.0. The van der Waals surface area contributed by atoms with E-state index in [1.165, 1.54) is 17.4 Å². The van der Waals surface area contributed by atoms with Crippen LogP contribution in [0.1, 0.15) is 34.3 Å². The zero-order valence-electron chi connectivity index (χ0n) is 19.0. The summed E-state index contributed by atoms with van der Waals surface area (Å²) in [5.74, 6) is -0.297. The molecule has 176 valence electrons. The van der Waals surface area contributed by atoms with Crippen LogP contribution in [0.25, 0.3) is 5.76 Å². The summed E-state index contributed by atoms with van der Waals surface area (Å²) >= 11 is 0. The summed E-state index contributed by atoms with van der Waals surface area (Å²) in [4.78, 5) is 27.3. The summed E-state index contributed by atoms with van der Waals surface area (Å²) in [6, 6.07) is 20.6. The highest BCUT2D eigenvalue weighted by Gasteiger charge is 2.47. The topological polar surface area (TPSA) is 93.1 Å². The van der Waals surface area contributed by atoms with E-state index in [0.29, 0.717) is 29.4 Å². The van der Waals surface area contributed by atoms with Gasteiger partial charge in [-0.05, 0) is 66.6 Å². The molecule has 0 unspecified atom stereocenters. The lowest BCUT2D eigenvalue weighted by Crippen LogP contribution is -2.28. The molecule has 1 N–H and O–H groups in total. The van der Waals surface area contributed by atoms with Gasteiger partial charge >= 0.3 is 0 Å². The minimum atomic E-state index is -0.882. The number of rotatable bonds is 7. The summed E-state index contributed by atoms with van der Waals surface area (Å²) in [6.07, 6.45) is 2.96. The summed E-state index contributed by atoms with van der Waals surface area (Å²) < 4.78 is 16.8. The zero-order valence-corrected chi connectivity index (χ0v) is 19.0. The van der Waals surface area contributed by atoms with Gasteiger partial charge in [-0.1, -0.05) is 24.3 Å². The van der Waals surface area contributed by atoms with E-state index in [1.807, 2.05) is 31.2 Å². The summed E-state index contributed by atoms with van der Waals surface area (Å²) in [5, 5.41) is 11.1. The number of amides is 1. The third kappa shape index (κ3) is 4.36. The van der Waals surface area contributed by atoms with Crippen molar-refractivity contribution in [2.24, 2.45) is 0 Å². The number of furan rings is 2. The van der Waals surface area contributed by atoms with Crippen LogP contribution >= 0.6 is 0 Å². The number of hydrogen-bond acceptors (Lipinski definition) is 6. The van der Waals surface area contributed by atoms with Crippen LogP contribution in [-0.2, 0) is 22.7 Å². The van der Waals surface area contributed by atoms with Crippen molar-refractivity contribution in [2.45, 2.75) is 26.1 Å². The second-order valence-corrected chi connectivity index (χ2v) is 8.26. The molecular formula is C28H23NO6. The highest BCUT2D eigenvalue weighted by Crippen LogP contribution is 2.40. The van der Waals surface area contributed by atoms with E-state index in [1.54, 1.807) is 48.5 Å². The van der Waals surface area contributed by atoms with Crippen molar-refractivity contribution in [1.82, 2.24) is 4.90 Å². The van der Waals surface area contributed by atoms with Gasteiger partial charge in [0.15, 0.2) is 0 Å². The van der Waals surface area contributed by atoms with Crippen LogP contribution < -0.4 is 4.74 Å². The molecule has 0 spiro atoms. The smallest absolute Gasteiger partial charge is 0.296 e.